The van der Waals surface area contributed by atoms with Gasteiger partial charge in [0, 0.05) is 17.9 Å². The largest absolute Gasteiger partial charge is 0.348 e. The van der Waals surface area contributed by atoms with E-state index in [1.165, 1.54) is 22.7 Å². The van der Waals surface area contributed by atoms with Gasteiger partial charge in [-0.2, -0.15) is 0 Å². The molecule has 2 amide bonds. The lowest BCUT2D eigenvalue weighted by molar-refractivity contribution is -0.122. The van der Waals surface area contributed by atoms with Crippen molar-refractivity contribution in [3.05, 3.63) is 35.6 Å². The SMILES string of the molecule is CC(NC(=O)CN1CCSC1=O)c1ccccc1F. The van der Waals surface area contributed by atoms with Crippen LogP contribution in [0, 0.1) is 5.82 Å². The van der Waals surface area contributed by atoms with Crippen molar-refractivity contribution in [1.82, 2.24) is 10.2 Å². The highest BCUT2D eigenvalue weighted by molar-refractivity contribution is 8.13. The molecule has 1 fully saturated rings. The zero-order valence-corrected chi connectivity index (χ0v) is 11.4. The third kappa shape index (κ3) is 3.47. The maximum Gasteiger partial charge on any atom is 0.282 e. The van der Waals surface area contributed by atoms with Gasteiger partial charge in [0.1, 0.15) is 12.4 Å². The summed E-state index contributed by atoms with van der Waals surface area (Å²) in [6, 6.07) is 5.91. The maximum absolute atomic E-state index is 13.5. The van der Waals surface area contributed by atoms with Gasteiger partial charge in [0.2, 0.25) is 5.91 Å². The van der Waals surface area contributed by atoms with Gasteiger partial charge in [0.15, 0.2) is 0 Å². The lowest BCUT2D eigenvalue weighted by Gasteiger charge is -2.18. The van der Waals surface area contributed by atoms with Crippen molar-refractivity contribution in [2.45, 2.75) is 13.0 Å². The Morgan fingerprint density at radius 1 is 1.53 bits per heavy atom. The molecule has 1 aromatic rings. The number of hydrogen-bond donors (Lipinski definition) is 1. The molecule has 4 nitrogen and oxygen atoms in total. The Labute approximate surface area is 115 Å². The first kappa shape index (κ1) is 13.9. The summed E-state index contributed by atoms with van der Waals surface area (Å²) in [4.78, 5) is 24.7. The van der Waals surface area contributed by atoms with Gasteiger partial charge in [-0.1, -0.05) is 30.0 Å². The average Bonchev–Trinajstić information content (AvgIpc) is 2.75. The van der Waals surface area contributed by atoms with E-state index < -0.39 is 6.04 Å². The number of benzene rings is 1. The van der Waals surface area contributed by atoms with E-state index in [1.807, 2.05) is 0 Å². The first-order chi connectivity index (χ1) is 9.08. The highest BCUT2D eigenvalue weighted by Gasteiger charge is 2.24. The summed E-state index contributed by atoms with van der Waals surface area (Å²) >= 11 is 1.21. The molecule has 1 N–H and O–H groups in total. The van der Waals surface area contributed by atoms with Crippen LogP contribution in [0.4, 0.5) is 9.18 Å². The van der Waals surface area contributed by atoms with E-state index in [4.69, 9.17) is 0 Å². The van der Waals surface area contributed by atoms with Crippen molar-refractivity contribution >= 4 is 22.9 Å². The number of carbonyl (C=O) groups excluding carboxylic acids is 2. The second-order valence-corrected chi connectivity index (χ2v) is 5.39. The molecular formula is C13H15FN2O2S. The fraction of sp³-hybridized carbons (Fsp3) is 0.385. The van der Waals surface area contributed by atoms with E-state index in [9.17, 15) is 14.0 Å². The number of amides is 2. The van der Waals surface area contributed by atoms with Gasteiger partial charge in [-0.15, -0.1) is 0 Å². The van der Waals surface area contributed by atoms with Crippen molar-refractivity contribution in [1.29, 1.82) is 0 Å². The zero-order valence-electron chi connectivity index (χ0n) is 10.6. The monoisotopic (exact) mass is 282 g/mol. The first-order valence-corrected chi connectivity index (χ1v) is 7.02. The Kier molecular flexibility index (Phi) is 4.42. The summed E-state index contributed by atoms with van der Waals surface area (Å²) in [6.45, 7) is 2.34. The van der Waals surface area contributed by atoms with Crippen LogP contribution in [0.5, 0.6) is 0 Å². The summed E-state index contributed by atoms with van der Waals surface area (Å²) in [5.74, 6) is 0.101. The Hall–Kier alpha value is -1.56. The molecule has 6 heteroatoms. The van der Waals surface area contributed by atoms with E-state index in [2.05, 4.69) is 5.32 Å². The number of thioether (sulfide) groups is 1. The second kappa shape index (κ2) is 6.06. The van der Waals surface area contributed by atoms with Gasteiger partial charge in [-0.3, -0.25) is 9.59 Å². The normalized spacial score (nSPS) is 16.5. The number of nitrogens with zero attached hydrogens (tertiary/aromatic N) is 1. The molecule has 1 aliphatic heterocycles. The predicted octanol–water partition coefficient (Wildman–Crippen LogP) is 2.17. The molecule has 0 spiro atoms. The van der Waals surface area contributed by atoms with Gasteiger partial charge in [0.05, 0.1) is 6.04 Å². The lowest BCUT2D eigenvalue weighted by atomic mass is 10.1. The lowest BCUT2D eigenvalue weighted by Crippen LogP contribution is -2.38. The minimum atomic E-state index is -0.418. The van der Waals surface area contributed by atoms with Gasteiger partial charge in [-0.05, 0) is 13.0 Å². The summed E-state index contributed by atoms with van der Waals surface area (Å²) in [5.41, 5.74) is 0.443. The van der Waals surface area contributed by atoms with Gasteiger partial charge in [0.25, 0.3) is 5.24 Å². The van der Waals surface area contributed by atoms with Crippen molar-refractivity contribution in [3.63, 3.8) is 0 Å². The molecule has 0 bridgehead atoms. The minimum Gasteiger partial charge on any atom is -0.348 e. The third-order valence-electron chi connectivity index (χ3n) is 2.93. The smallest absolute Gasteiger partial charge is 0.282 e. The van der Waals surface area contributed by atoms with Crippen LogP contribution in [0.1, 0.15) is 18.5 Å². The van der Waals surface area contributed by atoms with Crippen LogP contribution in [0.15, 0.2) is 24.3 Å². The summed E-state index contributed by atoms with van der Waals surface area (Å²) in [6.07, 6.45) is 0. The maximum atomic E-state index is 13.5. The van der Waals surface area contributed by atoms with Crippen molar-refractivity contribution < 1.29 is 14.0 Å². The highest BCUT2D eigenvalue weighted by atomic mass is 32.2. The molecule has 19 heavy (non-hydrogen) atoms. The fourth-order valence-corrected chi connectivity index (χ4v) is 2.76. The third-order valence-corrected chi connectivity index (χ3v) is 3.82. The summed E-state index contributed by atoms with van der Waals surface area (Å²) in [7, 11) is 0. The first-order valence-electron chi connectivity index (χ1n) is 6.03. The van der Waals surface area contributed by atoms with Crippen LogP contribution in [-0.4, -0.2) is 34.9 Å². The Bertz CT molecular complexity index is 495. The molecule has 1 aromatic carbocycles. The quantitative estimate of drug-likeness (QED) is 0.920. The Balaban J connectivity index is 1.92. The molecule has 1 heterocycles. The number of carbonyl (C=O) groups is 2. The van der Waals surface area contributed by atoms with Crippen LogP contribution in [0.25, 0.3) is 0 Å². The topological polar surface area (TPSA) is 49.4 Å². The molecule has 0 radical (unpaired) electrons. The van der Waals surface area contributed by atoms with E-state index >= 15 is 0 Å². The molecule has 2 rings (SSSR count). The minimum absolute atomic E-state index is 0.0324. The van der Waals surface area contributed by atoms with Crippen molar-refractivity contribution in [3.8, 4) is 0 Å². The van der Waals surface area contributed by atoms with Crippen molar-refractivity contribution in [2.24, 2.45) is 0 Å². The van der Waals surface area contributed by atoms with Gasteiger partial charge in [-0.25, -0.2) is 4.39 Å². The summed E-state index contributed by atoms with van der Waals surface area (Å²) < 4.78 is 13.5. The van der Waals surface area contributed by atoms with Gasteiger partial charge >= 0.3 is 0 Å². The highest BCUT2D eigenvalue weighted by Crippen LogP contribution is 2.18. The van der Waals surface area contributed by atoms with Crippen LogP contribution < -0.4 is 5.32 Å². The molecule has 0 saturated carbocycles. The molecule has 1 saturated heterocycles. The molecule has 0 aromatic heterocycles. The van der Waals surface area contributed by atoms with Crippen LogP contribution >= 0.6 is 11.8 Å². The van der Waals surface area contributed by atoms with Crippen molar-refractivity contribution in [2.75, 3.05) is 18.8 Å². The molecule has 0 aliphatic carbocycles. The number of halogens is 1. The van der Waals surface area contributed by atoms with Crippen LogP contribution in [0.3, 0.4) is 0 Å². The Morgan fingerprint density at radius 2 is 2.26 bits per heavy atom. The molecule has 1 atom stereocenters. The average molecular weight is 282 g/mol. The standard InChI is InChI=1S/C13H15FN2O2S/c1-9(10-4-2-3-5-11(10)14)15-12(17)8-16-6-7-19-13(16)18/h2-5,9H,6-8H2,1H3,(H,15,17). The van der Waals surface area contributed by atoms with E-state index in [-0.39, 0.29) is 23.5 Å². The van der Waals surface area contributed by atoms with Crippen LogP contribution in [-0.2, 0) is 4.79 Å². The van der Waals surface area contributed by atoms with Crippen LogP contribution in [0.2, 0.25) is 0 Å². The number of nitrogens with one attached hydrogen (secondary N) is 1. The van der Waals surface area contributed by atoms with E-state index in [1.54, 1.807) is 25.1 Å². The van der Waals surface area contributed by atoms with E-state index in [0.29, 0.717) is 12.1 Å². The Morgan fingerprint density at radius 3 is 2.89 bits per heavy atom. The molecule has 1 unspecified atom stereocenters. The molecular weight excluding hydrogens is 267 g/mol. The summed E-state index contributed by atoms with van der Waals surface area (Å²) in [5, 5.41) is 2.63. The predicted molar refractivity (Wildman–Crippen MR) is 72.4 cm³/mol. The van der Waals surface area contributed by atoms with E-state index in [0.717, 1.165) is 5.75 Å². The molecule has 102 valence electrons. The second-order valence-electron chi connectivity index (χ2n) is 4.35. The number of rotatable bonds is 4. The number of hydrogen-bond acceptors (Lipinski definition) is 3. The zero-order chi connectivity index (χ0) is 13.8. The molecule has 1 aliphatic rings. The van der Waals surface area contributed by atoms with Gasteiger partial charge < -0.3 is 10.2 Å². The fourth-order valence-electron chi connectivity index (χ4n) is 1.93.